The van der Waals surface area contributed by atoms with Crippen LogP contribution < -0.4 is 16.0 Å². The molecule has 2 aromatic carbocycles. The molecule has 1 saturated heterocycles. The summed E-state index contributed by atoms with van der Waals surface area (Å²) < 4.78 is 0. The molecular weight excluding hydrogens is 326 g/mol. The normalized spacial score (nSPS) is 17.2. The fraction of sp³-hybridized carbons (Fsp3) is 0.222. The quantitative estimate of drug-likeness (QED) is 0.896. The van der Waals surface area contributed by atoms with Crippen molar-refractivity contribution in [3.05, 3.63) is 58.6 Å². The van der Waals surface area contributed by atoms with Crippen LogP contribution in [-0.4, -0.2) is 24.4 Å². The summed E-state index contributed by atoms with van der Waals surface area (Å²) in [7, 11) is 0. The minimum atomic E-state index is -0.475. The van der Waals surface area contributed by atoms with Gasteiger partial charge in [0, 0.05) is 28.5 Å². The lowest BCUT2D eigenvalue weighted by Crippen LogP contribution is -2.33. The molecule has 1 atom stereocenters. The number of anilines is 2. The topological polar surface area (TPSA) is 75.4 Å². The first kappa shape index (κ1) is 16.3. The van der Waals surface area contributed by atoms with Crippen molar-refractivity contribution >= 4 is 34.8 Å². The lowest BCUT2D eigenvalue weighted by atomic mass is 10.1. The fourth-order valence-electron chi connectivity index (χ4n) is 2.87. The van der Waals surface area contributed by atoms with E-state index in [0.29, 0.717) is 29.2 Å². The number of primary amides is 1. The molecule has 1 aliphatic rings. The lowest BCUT2D eigenvalue weighted by Gasteiger charge is -2.18. The highest BCUT2D eigenvalue weighted by Gasteiger charge is 2.32. The minimum absolute atomic E-state index is 0.00137. The van der Waals surface area contributed by atoms with E-state index in [1.165, 1.54) is 0 Å². The predicted molar refractivity (Wildman–Crippen MR) is 95.5 cm³/mol. The molecule has 2 aromatic rings. The zero-order chi connectivity index (χ0) is 17.3. The molecule has 1 fully saturated rings. The van der Waals surface area contributed by atoms with Gasteiger partial charge in [-0.25, -0.2) is 0 Å². The number of nitrogens with two attached hydrogens (primary N) is 1. The number of hydrogen-bond donors (Lipinski definition) is 2. The second kappa shape index (κ2) is 6.53. The number of benzene rings is 2. The SMILES string of the molecule is Cc1ccc(N[C@@H]2CCN(c3ccc(Cl)cc3)C2=O)cc1C(N)=O. The first-order valence-corrected chi connectivity index (χ1v) is 8.07. The van der Waals surface area contributed by atoms with Crippen LogP contribution in [0.4, 0.5) is 11.4 Å². The average Bonchev–Trinajstić information content (AvgIpc) is 2.91. The standard InChI is InChI=1S/C18H18ClN3O2/c1-11-2-5-13(10-15(11)17(20)23)21-16-8-9-22(18(16)24)14-6-3-12(19)4-7-14/h2-7,10,16,21H,8-9H2,1H3,(H2,20,23)/t16-/m1/s1. The molecule has 5 nitrogen and oxygen atoms in total. The number of halogens is 1. The molecule has 1 aliphatic heterocycles. The molecule has 1 heterocycles. The number of hydrogen-bond acceptors (Lipinski definition) is 3. The van der Waals surface area contributed by atoms with E-state index in [9.17, 15) is 9.59 Å². The maximum Gasteiger partial charge on any atom is 0.249 e. The van der Waals surface area contributed by atoms with Gasteiger partial charge in [-0.15, -0.1) is 0 Å². The Bertz CT molecular complexity index is 789. The fourth-order valence-corrected chi connectivity index (χ4v) is 3.00. The third-order valence-electron chi connectivity index (χ3n) is 4.19. The van der Waals surface area contributed by atoms with Crippen LogP contribution in [0.3, 0.4) is 0 Å². The Kier molecular flexibility index (Phi) is 4.44. The van der Waals surface area contributed by atoms with Crippen LogP contribution in [0.25, 0.3) is 0 Å². The van der Waals surface area contributed by atoms with Gasteiger partial charge >= 0.3 is 0 Å². The van der Waals surface area contributed by atoms with Gasteiger partial charge in [-0.2, -0.15) is 0 Å². The van der Waals surface area contributed by atoms with Gasteiger partial charge in [0.15, 0.2) is 0 Å². The van der Waals surface area contributed by atoms with E-state index < -0.39 is 5.91 Å². The summed E-state index contributed by atoms with van der Waals surface area (Å²) in [6, 6.07) is 12.2. The molecule has 0 saturated carbocycles. The van der Waals surface area contributed by atoms with Gasteiger partial charge in [0.2, 0.25) is 11.8 Å². The summed E-state index contributed by atoms with van der Waals surface area (Å²) in [6.45, 7) is 2.46. The maximum absolute atomic E-state index is 12.6. The molecule has 0 radical (unpaired) electrons. The Morgan fingerprint density at radius 1 is 1.25 bits per heavy atom. The number of carbonyl (C=O) groups excluding carboxylic acids is 2. The molecule has 3 rings (SSSR count). The second-order valence-corrected chi connectivity index (χ2v) is 6.28. The zero-order valence-electron chi connectivity index (χ0n) is 13.3. The summed E-state index contributed by atoms with van der Waals surface area (Å²) in [5.41, 5.74) is 8.19. The van der Waals surface area contributed by atoms with Gasteiger partial charge < -0.3 is 16.0 Å². The Morgan fingerprint density at radius 3 is 2.62 bits per heavy atom. The van der Waals surface area contributed by atoms with Gasteiger partial charge in [0.25, 0.3) is 0 Å². The number of amides is 2. The lowest BCUT2D eigenvalue weighted by molar-refractivity contribution is -0.117. The number of aryl methyl sites for hydroxylation is 1. The van der Waals surface area contributed by atoms with Crippen molar-refractivity contribution in [2.24, 2.45) is 5.73 Å². The van der Waals surface area contributed by atoms with Crippen molar-refractivity contribution in [1.82, 2.24) is 0 Å². The number of nitrogens with zero attached hydrogens (tertiary/aromatic N) is 1. The van der Waals surface area contributed by atoms with Crippen molar-refractivity contribution in [3.8, 4) is 0 Å². The van der Waals surface area contributed by atoms with Crippen LogP contribution in [0.1, 0.15) is 22.3 Å². The summed E-state index contributed by atoms with van der Waals surface area (Å²) in [5, 5.41) is 3.84. The van der Waals surface area contributed by atoms with E-state index >= 15 is 0 Å². The highest BCUT2D eigenvalue weighted by molar-refractivity contribution is 6.30. The van der Waals surface area contributed by atoms with Crippen LogP contribution >= 0.6 is 11.6 Å². The van der Waals surface area contributed by atoms with Gasteiger partial charge in [0.05, 0.1) is 0 Å². The monoisotopic (exact) mass is 343 g/mol. The third kappa shape index (κ3) is 3.21. The molecule has 0 spiro atoms. The van der Waals surface area contributed by atoms with E-state index in [1.54, 1.807) is 23.1 Å². The Balaban J connectivity index is 1.75. The smallest absolute Gasteiger partial charge is 0.249 e. The highest BCUT2D eigenvalue weighted by Crippen LogP contribution is 2.25. The van der Waals surface area contributed by atoms with Crippen LogP contribution in [0.2, 0.25) is 5.02 Å². The first-order valence-electron chi connectivity index (χ1n) is 7.69. The number of nitrogens with one attached hydrogen (secondary N) is 1. The number of rotatable bonds is 4. The van der Waals surface area contributed by atoms with Gasteiger partial charge in [-0.05, 0) is 55.3 Å². The largest absolute Gasteiger partial charge is 0.374 e. The van der Waals surface area contributed by atoms with Crippen molar-refractivity contribution < 1.29 is 9.59 Å². The molecule has 0 aliphatic carbocycles. The van der Waals surface area contributed by atoms with Gasteiger partial charge in [0.1, 0.15) is 6.04 Å². The number of carbonyl (C=O) groups is 2. The van der Waals surface area contributed by atoms with Crippen molar-refractivity contribution in [3.63, 3.8) is 0 Å². The second-order valence-electron chi connectivity index (χ2n) is 5.85. The molecule has 0 unspecified atom stereocenters. The summed E-state index contributed by atoms with van der Waals surface area (Å²) in [4.78, 5) is 25.8. The summed E-state index contributed by atoms with van der Waals surface area (Å²) in [6.07, 6.45) is 0.682. The highest BCUT2D eigenvalue weighted by atomic mass is 35.5. The van der Waals surface area contributed by atoms with E-state index in [4.69, 9.17) is 17.3 Å². The van der Waals surface area contributed by atoms with Crippen LogP contribution in [0, 0.1) is 6.92 Å². The van der Waals surface area contributed by atoms with Crippen molar-refractivity contribution in [1.29, 1.82) is 0 Å². The summed E-state index contributed by atoms with van der Waals surface area (Å²) in [5.74, 6) is -0.477. The molecule has 0 aromatic heterocycles. The zero-order valence-corrected chi connectivity index (χ0v) is 14.0. The Morgan fingerprint density at radius 2 is 1.96 bits per heavy atom. The molecule has 24 heavy (non-hydrogen) atoms. The molecule has 6 heteroatoms. The molecular formula is C18H18ClN3O2. The molecule has 2 amide bonds. The molecule has 3 N–H and O–H groups in total. The van der Waals surface area contributed by atoms with Crippen LogP contribution in [-0.2, 0) is 4.79 Å². The molecule has 0 bridgehead atoms. The maximum atomic E-state index is 12.6. The van der Waals surface area contributed by atoms with E-state index in [1.807, 2.05) is 31.2 Å². The van der Waals surface area contributed by atoms with E-state index in [-0.39, 0.29) is 11.9 Å². The van der Waals surface area contributed by atoms with Gasteiger partial charge in [-0.1, -0.05) is 17.7 Å². The van der Waals surface area contributed by atoms with Crippen LogP contribution in [0.15, 0.2) is 42.5 Å². The predicted octanol–water partition coefficient (Wildman–Crippen LogP) is 2.96. The van der Waals surface area contributed by atoms with Gasteiger partial charge in [-0.3, -0.25) is 9.59 Å². The Hall–Kier alpha value is -2.53. The van der Waals surface area contributed by atoms with Crippen LogP contribution in [0.5, 0.6) is 0 Å². The summed E-state index contributed by atoms with van der Waals surface area (Å²) >= 11 is 5.89. The average molecular weight is 344 g/mol. The van der Waals surface area contributed by atoms with Crippen molar-refractivity contribution in [2.45, 2.75) is 19.4 Å². The van der Waals surface area contributed by atoms with E-state index in [2.05, 4.69) is 5.32 Å². The first-order chi connectivity index (χ1) is 11.5. The Labute approximate surface area is 145 Å². The minimum Gasteiger partial charge on any atom is -0.374 e. The van der Waals surface area contributed by atoms with E-state index in [0.717, 1.165) is 11.3 Å². The third-order valence-corrected chi connectivity index (χ3v) is 4.44. The van der Waals surface area contributed by atoms with Crippen molar-refractivity contribution in [2.75, 3.05) is 16.8 Å². The molecule has 124 valence electrons.